The number of amides is 1. The van der Waals surface area contributed by atoms with E-state index < -0.39 is 0 Å². The normalized spacial score (nSPS) is 17.3. The van der Waals surface area contributed by atoms with Gasteiger partial charge in [-0.2, -0.15) is 0 Å². The van der Waals surface area contributed by atoms with E-state index >= 15 is 0 Å². The van der Waals surface area contributed by atoms with E-state index in [1.165, 1.54) is 0 Å². The molecule has 0 bridgehead atoms. The largest absolute Gasteiger partial charge is 0.369 e. The molecule has 0 aliphatic carbocycles. The maximum absolute atomic E-state index is 11.7. The van der Waals surface area contributed by atoms with E-state index in [0.29, 0.717) is 25.2 Å². The highest BCUT2D eigenvalue weighted by molar-refractivity contribution is 5.80. The standard InChI is InChI=1S/C24H43N7O/c1-6-26-24(28-13-9-15-31(18(2)3)19(4)5)29-16-20-10-7-12-27-23(20)30-14-8-11-21(17-30)22(25)32/h7,10,12,18-19,21H,6,8-9,11,13-17H2,1-5H3,(H2,25,32)(H2,26,28,29). The van der Waals surface area contributed by atoms with Crippen LogP contribution >= 0.6 is 0 Å². The molecule has 1 unspecified atom stereocenters. The molecule has 1 aliphatic heterocycles. The second-order valence-electron chi connectivity index (χ2n) is 9.07. The number of guanidine groups is 1. The molecule has 32 heavy (non-hydrogen) atoms. The fourth-order valence-corrected chi connectivity index (χ4v) is 4.33. The van der Waals surface area contributed by atoms with Crippen LogP contribution in [0.5, 0.6) is 0 Å². The predicted octanol–water partition coefficient (Wildman–Crippen LogP) is 2.35. The summed E-state index contributed by atoms with van der Waals surface area (Å²) in [7, 11) is 0. The molecule has 180 valence electrons. The van der Waals surface area contributed by atoms with Crippen LogP contribution in [-0.4, -0.2) is 66.6 Å². The van der Waals surface area contributed by atoms with Crippen LogP contribution in [0.1, 0.15) is 59.4 Å². The van der Waals surface area contributed by atoms with Gasteiger partial charge in [-0.1, -0.05) is 6.07 Å². The number of carbonyl (C=O) groups is 1. The Hall–Kier alpha value is -2.35. The lowest BCUT2D eigenvalue weighted by atomic mass is 9.97. The van der Waals surface area contributed by atoms with Crippen LogP contribution in [0.2, 0.25) is 0 Å². The van der Waals surface area contributed by atoms with Gasteiger partial charge in [0.15, 0.2) is 5.96 Å². The molecule has 0 radical (unpaired) electrons. The van der Waals surface area contributed by atoms with Gasteiger partial charge in [0.25, 0.3) is 0 Å². The highest BCUT2D eigenvalue weighted by Crippen LogP contribution is 2.24. The first-order chi connectivity index (χ1) is 15.3. The van der Waals surface area contributed by atoms with Crippen LogP contribution in [-0.2, 0) is 11.3 Å². The minimum atomic E-state index is -0.225. The zero-order valence-corrected chi connectivity index (χ0v) is 20.6. The Morgan fingerprint density at radius 1 is 1.31 bits per heavy atom. The molecule has 1 aromatic rings. The summed E-state index contributed by atoms with van der Waals surface area (Å²) in [5.74, 6) is 1.38. The van der Waals surface area contributed by atoms with Gasteiger partial charge in [-0.25, -0.2) is 9.98 Å². The summed E-state index contributed by atoms with van der Waals surface area (Å²) < 4.78 is 0. The summed E-state index contributed by atoms with van der Waals surface area (Å²) in [4.78, 5) is 25.8. The van der Waals surface area contributed by atoms with Gasteiger partial charge in [-0.15, -0.1) is 0 Å². The third kappa shape index (κ3) is 7.97. The number of carbonyl (C=O) groups excluding carboxylic acids is 1. The number of hydrogen-bond acceptors (Lipinski definition) is 5. The van der Waals surface area contributed by atoms with E-state index in [1.54, 1.807) is 6.20 Å². The number of piperidine rings is 1. The number of pyridine rings is 1. The van der Waals surface area contributed by atoms with Crippen molar-refractivity contribution in [2.75, 3.05) is 37.6 Å². The van der Waals surface area contributed by atoms with Crippen LogP contribution in [0.3, 0.4) is 0 Å². The van der Waals surface area contributed by atoms with Crippen molar-refractivity contribution in [3.8, 4) is 0 Å². The van der Waals surface area contributed by atoms with Crippen molar-refractivity contribution < 1.29 is 4.79 Å². The zero-order valence-electron chi connectivity index (χ0n) is 20.6. The van der Waals surface area contributed by atoms with Crippen LogP contribution in [0.25, 0.3) is 0 Å². The Balaban J connectivity index is 1.99. The van der Waals surface area contributed by atoms with E-state index in [9.17, 15) is 4.79 Å². The Bertz CT molecular complexity index is 727. The number of anilines is 1. The zero-order chi connectivity index (χ0) is 23.5. The van der Waals surface area contributed by atoms with Gasteiger partial charge in [0.1, 0.15) is 5.82 Å². The van der Waals surface area contributed by atoms with Crippen LogP contribution in [0.4, 0.5) is 5.82 Å². The van der Waals surface area contributed by atoms with Gasteiger partial charge in [0.2, 0.25) is 5.91 Å². The van der Waals surface area contributed by atoms with E-state index in [0.717, 1.165) is 62.8 Å². The molecule has 0 aromatic carbocycles. The van der Waals surface area contributed by atoms with Gasteiger partial charge in [0.05, 0.1) is 12.5 Å². The number of aliphatic imine (C=N–C) groups is 1. The molecule has 1 aliphatic rings. The minimum absolute atomic E-state index is 0.114. The Morgan fingerprint density at radius 3 is 2.72 bits per heavy atom. The number of nitrogens with one attached hydrogen (secondary N) is 2. The first-order valence-electron chi connectivity index (χ1n) is 12.1. The summed E-state index contributed by atoms with van der Waals surface area (Å²) >= 11 is 0. The summed E-state index contributed by atoms with van der Waals surface area (Å²) in [5.41, 5.74) is 6.62. The molecule has 8 nitrogen and oxygen atoms in total. The van der Waals surface area contributed by atoms with Gasteiger partial charge in [-0.05, 0) is 59.9 Å². The summed E-state index contributed by atoms with van der Waals surface area (Å²) in [6.07, 6.45) is 4.66. The van der Waals surface area contributed by atoms with Gasteiger partial charge >= 0.3 is 0 Å². The highest BCUT2D eigenvalue weighted by Gasteiger charge is 2.25. The number of nitrogens with two attached hydrogens (primary N) is 1. The first-order valence-corrected chi connectivity index (χ1v) is 12.1. The van der Waals surface area contributed by atoms with Crippen molar-refractivity contribution in [2.24, 2.45) is 16.6 Å². The average molecular weight is 446 g/mol. The Labute approximate surface area is 194 Å². The second kappa shape index (κ2) is 13.3. The van der Waals surface area contributed by atoms with E-state index in [1.807, 2.05) is 6.07 Å². The van der Waals surface area contributed by atoms with Crippen LogP contribution in [0, 0.1) is 5.92 Å². The van der Waals surface area contributed by atoms with Gasteiger partial charge in [-0.3, -0.25) is 9.69 Å². The monoisotopic (exact) mass is 445 g/mol. The molecule has 2 heterocycles. The molecule has 0 saturated carbocycles. The fraction of sp³-hybridized carbons (Fsp3) is 0.708. The Morgan fingerprint density at radius 2 is 2.06 bits per heavy atom. The molecule has 0 spiro atoms. The molecule has 1 aromatic heterocycles. The van der Waals surface area contributed by atoms with Crippen molar-refractivity contribution >= 4 is 17.7 Å². The SMILES string of the molecule is CCNC(=NCc1cccnc1N1CCCC(C(N)=O)C1)NCCCN(C(C)C)C(C)C. The van der Waals surface area contributed by atoms with Crippen molar-refractivity contribution in [3.05, 3.63) is 23.9 Å². The van der Waals surface area contributed by atoms with E-state index in [4.69, 9.17) is 10.7 Å². The summed E-state index contributed by atoms with van der Waals surface area (Å²) in [6.45, 7) is 15.8. The molecule has 1 saturated heterocycles. The van der Waals surface area contributed by atoms with E-state index in [2.05, 4.69) is 66.1 Å². The Kier molecular flexibility index (Phi) is 10.7. The molecule has 1 amide bonds. The highest BCUT2D eigenvalue weighted by atomic mass is 16.1. The van der Waals surface area contributed by atoms with Crippen LogP contribution in [0.15, 0.2) is 23.3 Å². The average Bonchev–Trinajstić information content (AvgIpc) is 2.77. The molecule has 4 N–H and O–H groups in total. The van der Waals surface area contributed by atoms with Gasteiger partial charge in [0, 0.05) is 56.6 Å². The number of hydrogen-bond donors (Lipinski definition) is 3. The molecule has 1 fully saturated rings. The lowest BCUT2D eigenvalue weighted by molar-refractivity contribution is -0.122. The third-order valence-electron chi connectivity index (χ3n) is 5.95. The maximum Gasteiger partial charge on any atom is 0.222 e. The van der Waals surface area contributed by atoms with Crippen LogP contribution < -0.4 is 21.3 Å². The summed E-state index contributed by atoms with van der Waals surface area (Å²) in [6, 6.07) is 5.10. The van der Waals surface area contributed by atoms with Gasteiger partial charge < -0.3 is 21.3 Å². The number of nitrogens with zero attached hydrogens (tertiary/aromatic N) is 4. The van der Waals surface area contributed by atoms with E-state index in [-0.39, 0.29) is 11.8 Å². The second-order valence-corrected chi connectivity index (χ2v) is 9.07. The maximum atomic E-state index is 11.7. The fourth-order valence-electron chi connectivity index (χ4n) is 4.33. The van der Waals surface area contributed by atoms with Crippen molar-refractivity contribution in [2.45, 2.75) is 72.5 Å². The summed E-state index contributed by atoms with van der Waals surface area (Å²) in [5, 5.41) is 6.80. The molecular weight excluding hydrogens is 402 g/mol. The first kappa shape index (κ1) is 25.9. The lowest BCUT2D eigenvalue weighted by Gasteiger charge is -2.33. The quantitative estimate of drug-likeness (QED) is 0.275. The molecule has 2 rings (SSSR count). The lowest BCUT2D eigenvalue weighted by Crippen LogP contribution is -2.42. The number of aromatic nitrogens is 1. The van der Waals surface area contributed by atoms with Crippen molar-refractivity contribution in [1.82, 2.24) is 20.5 Å². The third-order valence-corrected chi connectivity index (χ3v) is 5.95. The molecule has 8 heteroatoms. The predicted molar refractivity (Wildman–Crippen MR) is 133 cm³/mol. The minimum Gasteiger partial charge on any atom is -0.369 e. The van der Waals surface area contributed by atoms with Crippen molar-refractivity contribution in [1.29, 1.82) is 0 Å². The topological polar surface area (TPSA) is 98.9 Å². The number of primary amides is 1. The molecule has 1 atom stereocenters. The van der Waals surface area contributed by atoms with Crippen molar-refractivity contribution in [3.63, 3.8) is 0 Å². The number of rotatable bonds is 11. The smallest absolute Gasteiger partial charge is 0.222 e. The molecular formula is C24H43N7O.